The Bertz CT molecular complexity index is 635. The van der Waals surface area contributed by atoms with E-state index in [1.807, 2.05) is 18.2 Å². The maximum absolute atomic E-state index is 12.7. The summed E-state index contributed by atoms with van der Waals surface area (Å²) in [6, 6.07) is 7.63. The fourth-order valence-corrected chi connectivity index (χ4v) is 4.21. The van der Waals surface area contributed by atoms with Crippen LogP contribution in [0, 0.1) is 0 Å². The summed E-state index contributed by atoms with van der Waals surface area (Å²) in [5.74, 6) is 0.118. The average molecular weight is 356 g/mol. The van der Waals surface area contributed by atoms with Crippen molar-refractivity contribution in [2.24, 2.45) is 0 Å². The van der Waals surface area contributed by atoms with Crippen molar-refractivity contribution >= 4 is 44.7 Å². The molecule has 1 nitrogen and oxygen atoms in total. The SMILES string of the molecule is O=C(c1cccc(Br)c1Cl)C1CCCc2sccc21. The lowest BCUT2D eigenvalue weighted by Gasteiger charge is -2.22. The van der Waals surface area contributed by atoms with E-state index in [0.717, 1.165) is 23.7 Å². The lowest BCUT2D eigenvalue weighted by molar-refractivity contribution is 0.0951. The van der Waals surface area contributed by atoms with Crippen LogP contribution in [0.5, 0.6) is 0 Å². The molecule has 19 heavy (non-hydrogen) atoms. The molecule has 0 amide bonds. The number of fused-ring (bicyclic) bond motifs is 1. The number of aryl methyl sites for hydroxylation is 1. The lowest BCUT2D eigenvalue weighted by atomic mass is 9.82. The molecule has 0 saturated carbocycles. The molecule has 1 atom stereocenters. The molecule has 0 radical (unpaired) electrons. The van der Waals surface area contributed by atoms with Crippen LogP contribution in [0.4, 0.5) is 0 Å². The Balaban J connectivity index is 2.00. The third kappa shape index (κ3) is 2.39. The van der Waals surface area contributed by atoms with Crippen LogP contribution in [0.15, 0.2) is 34.1 Å². The van der Waals surface area contributed by atoms with Gasteiger partial charge in [-0.1, -0.05) is 17.7 Å². The number of Topliss-reactive ketones (excluding diaryl/α,β-unsaturated/α-hetero) is 1. The van der Waals surface area contributed by atoms with Crippen LogP contribution in [0.1, 0.15) is 39.6 Å². The predicted octanol–water partition coefficient (Wildman–Crippen LogP) is 5.47. The molecule has 2 aromatic rings. The molecular formula is C15H12BrClOS. The first-order valence-corrected chi connectivity index (χ1v) is 8.28. The fourth-order valence-electron chi connectivity index (χ4n) is 2.64. The summed E-state index contributed by atoms with van der Waals surface area (Å²) in [6.07, 6.45) is 3.10. The molecular weight excluding hydrogens is 344 g/mol. The Morgan fingerprint density at radius 3 is 3.05 bits per heavy atom. The summed E-state index contributed by atoms with van der Waals surface area (Å²) in [6.45, 7) is 0. The zero-order chi connectivity index (χ0) is 13.4. The molecule has 1 unspecified atom stereocenters. The zero-order valence-electron chi connectivity index (χ0n) is 10.2. The van der Waals surface area contributed by atoms with E-state index in [1.54, 1.807) is 11.3 Å². The highest BCUT2D eigenvalue weighted by Gasteiger charge is 2.29. The summed E-state index contributed by atoms with van der Waals surface area (Å²) in [4.78, 5) is 14.1. The van der Waals surface area contributed by atoms with Gasteiger partial charge in [-0.15, -0.1) is 11.3 Å². The van der Waals surface area contributed by atoms with Gasteiger partial charge < -0.3 is 0 Å². The first-order valence-electron chi connectivity index (χ1n) is 6.23. The number of hydrogen-bond donors (Lipinski definition) is 0. The molecule has 0 fully saturated rings. The topological polar surface area (TPSA) is 17.1 Å². The maximum atomic E-state index is 12.7. The van der Waals surface area contributed by atoms with Gasteiger partial charge in [-0.2, -0.15) is 0 Å². The number of benzene rings is 1. The first-order chi connectivity index (χ1) is 9.18. The second-order valence-corrected chi connectivity index (χ2v) is 6.94. The Morgan fingerprint density at radius 2 is 2.21 bits per heavy atom. The highest BCUT2D eigenvalue weighted by Crippen LogP contribution is 2.38. The number of carbonyl (C=O) groups excluding carboxylic acids is 1. The van der Waals surface area contributed by atoms with Crippen molar-refractivity contribution in [3.8, 4) is 0 Å². The third-order valence-electron chi connectivity index (χ3n) is 3.59. The maximum Gasteiger partial charge on any atom is 0.171 e. The van der Waals surface area contributed by atoms with E-state index in [4.69, 9.17) is 11.6 Å². The van der Waals surface area contributed by atoms with Gasteiger partial charge in [-0.3, -0.25) is 4.79 Å². The summed E-state index contributed by atoms with van der Waals surface area (Å²) in [5.41, 5.74) is 1.83. The van der Waals surface area contributed by atoms with Crippen LogP contribution in [0.2, 0.25) is 5.02 Å². The largest absolute Gasteiger partial charge is 0.293 e. The molecule has 0 N–H and O–H groups in total. The Labute approximate surface area is 129 Å². The predicted molar refractivity (Wildman–Crippen MR) is 83.5 cm³/mol. The van der Waals surface area contributed by atoms with Crippen molar-refractivity contribution in [1.82, 2.24) is 0 Å². The van der Waals surface area contributed by atoms with Crippen molar-refractivity contribution < 1.29 is 4.79 Å². The van der Waals surface area contributed by atoms with E-state index < -0.39 is 0 Å². The van der Waals surface area contributed by atoms with Gasteiger partial charge >= 0.3 is 0 Å². The standard InChI is InChI=1S/C15H12BrClOS/c16-12-5-1-4-11(14(12)17)15(18)10-3-2-6-13-9(10)7-8-19-13/h1,4-5,7-8,10H,2-3,6H2. The number of carbonyl (C=O) groups is 1. The van der Waals surface area contributed by atoms with Gasteiger partial charge in [-0.05, 0) is 64.3 Å². The Morgan fingerprint density at radius 1 is 1.37 bits per heavy atom. The van der Waals surface area contributed by atoms with Crippen molar-refractivity contribution in [2.75, 3.05) is 0 Å². The number of hydrogen-bond acceptors (Lipinski definition) is 2. The third-order valence-corrected chi connectivity index (χ3v) is 5.88. The molecule has 3 rings (SSSR count). The molecule has 98 valence electrons. The minimum Gasteiger partial charge on any atom is -0.293 e. The quantitative estimate of drug-likeness (QED) is 0.653. The molecule has 0 saturated heterocycles. The second kappa shape index (κ2) is 5.39. The normalized spacial score (nSPS) is 18.1. The summed E-state index contributed by atoms with van der Waals surface area (Å²) in [7, 11) is 0. The molecule has 4 heteroatoms. The van der Waals surface area contributed by atoms with Crippen LogP contribution >= 0.6 is 38.9 Å². The van der Waals surface area contributed by atoms with Gasteiger partial charge in [0.05, 0.1) is 5.02 Å². The monoisotopic (exact) mass is 354 g/mol. The van der Waals surface area contributed by atoms with Crippen molar-refractivity contribution in [3.05, 3.63) is 55.1 Å². The van der Waals surface area contributed by atoms with E-state index in [9.17, 15) is 4.79 Å². The lowest BCUT2D eigenvalue weighted by Crippen LogP contribution is -2.17. The molecule has 0 aliphatic heterocycles. The Hall–Kier alpha value is -0.640. The number of ketones is 1. The van der Waals surface area contributed by atoms with Crippen molar-refractivity contribution in [1.29, 1.82) is 0 Å². The van der Waals surface area contributed by atoms with Crippen molar-refractivity contribution in [2.45, 2.75) is 25.2 Å². The van der Waals surface area contributed by atoms with Gasteiger partial charge in [0, 0.05) is 20.8 Å². The second-order valence-electron chi connectivity index (χ2n) is 4.71. The van der Waals surface area contributed by atoms with Crippen LogP contribution in [0.25, 0.3) is 0 Å². The van der Waals surface area contributed by atoms with E-state index in [2.05, 4.69) is 27.4 Å². The molecule has 1 aliphatic rings. The minimum atomic E-state index is -0.0261. The molecule has 0 bridgehead atoms. The van der Waals surface area contributed by atoms with Crippen LogP contribution < -0.4 is 0 Å². The molecule has 1 aromatic carbocycles. The van der Waals surface area contributed by atoms with Gasteiger partial charge in [0.15, 0.2) is 5.78 Å². The highest BCUT2D eigenvalue weighted by atomic mass is 79.9. The number of halogens is 2. The van der Waals surface area contributed by atoms with Crippen molar-refractivity contribution in [3.63, 3.8) is 0 Å². The van der Waals surface area contributed by atoms with Gasteiger partial charge in [-0.25, -0.2) is 0 Å². The van der Waals surface area contributed by atoms with Crippen LogP contribution in [-0.2, 0) is 6.42 Å². The summed E-state index contributed by atoms with van der Waals surface area (Å²) in [5, 5.41) is 2.61. The van der Waals surface area contributed by atoms with E-state index >= 15 is 0 Å². The zero-order valence-corrected chi connectivity index (χ0v) is 13.3. The Kier molecular flexibility index (Phi) is 3.79. The van der Waals surface area contributed by atoms with Gasteiger partial charge in [0.25, 0.3) is 0 Å². The molecule has 0 spiro atoms. The first kappa shape index (κ1) is 13.3. The molecule has 1 aliphatic carbocycles. The highest BCUT2D eigenvalue weighted by molar-refractivity contribution is 9.10. The van der Waals surface area contributed by atoms with Gasteiger partial charge in [0.1, 0.15) is 0 Å². The average Bonchev–Trinajstić information content (AvgIpc) is 2.89. The van der Waals surface area contributed by atoms with Crippen LogP contribution in [-0.4, -0.2) is 5.78 Å². The van der Waals surface area contributed by atoms with Crippen LogP contribution in [0.3, 0.4) is 0 Å². The summed E-state index contributed by atoms with van der Waals surface area (Å²) < 4.78 is 0.779. The molecule has 1 heterocycles. The summed E-state index contributed by atoms with van der Waals surface area (Å²) >= 11 is 11.4. The number of thiophene rings is 1. The van der Waals surface area contributed by atoms with E-state index in [-0.39, 0.29) is 11.7 Å². The van der Waals surface area contributed by atoms with E-state index in [0.29, 0.717) is 10.6 Å². The van der Waals surface area contributed by atoms with Gasteiger partial charge in [0.2, 0.25) is 0 Å². The van der Waals surface area contributed by atoms with E-state index in [1.165, 1.54) is 10.4 Å². The fraction of sp³-hybridized carbons (Fsp3) is 0.267. The minimum absolute atomic E-state index is 0.0261. The molecule has 1 aromatic heterocycles. The smallest absolute Gasteiger partial charge is 0.171 e. The number of rotatable bonds is 2.